The summed E-state index contributed by atoms with van der Waals surface area (Å²) in [5.41, 5.74) is 2.10. The molecule has 1 aromatic heterocycles. The van der Waals surface area contributed by atoms with E-state index in [9.17, 15) is 4.79 Å². The minimum Gasteiger partial charge on any atom is -0.343 e. The smallest absolute Gasteiger partial charge is 0.222 e. The van der Waals surface area contributed by atoms with Gasteiger partial charge in [0, 0.05) is 24.0 Å². The molecular formula is C19H25BrN4O. The van der Waals surface area contributed by atoms with Gasteiger partial charge < -0.3 is 9.88 Å². The fourth-order valence-electron chi connectivity index (χ4n) is 4.01. The molecule has 0 atom stereocenters. The first-order valence-corrected chi connectivity index (χ1v) is 10.1. The van der Waals surface area contributed by atoms with Crippen molar-refractivity contribution in [3.05, 3.63) is 28.5 Å². The number of hydrogen-bond acceptors (Lipinski definition) is 3. The van der Waals surface area contributed by atoms with Crippen molar-refractivity contribution in [2.45, 2.75) is 38.6 Å². The van der Waals surface area contributed by atoms with Crippen LogP contribution in [0.15, 0.2) is 22.7 Å². The molecule has 5 nitrogen and oxygen atoms in total. The van der Waals surface area contributed by atoms with Gasteiger partial charge in [0.25, 0.3) is 0 Å². The summed E-state index contributed by atoms with van der Waals surface area (Å²) in [5, 5.41) is 0. The van der Waals surface area contributed by atoms with Gasteiger partial charge in [-0.1, -0.05) is 15.9 Å². The summed E-state index contributed by atoms with van der Waals surface area (Å²) < 4.78 is 1.07. The van der Waals surface area contributed by atoms with Crippen molar-refractivity contribution in [1.29, 1.82) is 0 Å². The van der Waals surface area contributed by atoms with Crippen LogP contribution in [-0.4, -0.2) is 51.9 Å². The van der Waals surface area contributed by atoms with Gasteiger partial charge in [-0.3, -0.25) is 9.69 Å². The molecule has 0 radical (unpaired) electrons. The van der Waals surface area contributed by atoms with E-state index >= 15 is 0 Å². The van der Waals surface area contributed by atoms with Crippen LogP contribution >= 0.6 is 15.9 Å². The van der Waals surface area contributed by atoms with Gasteiger partial charge in [-0.05, 0) is 62.9 Å². The number of likely N-dealkylation sites (tertiary alicyclic amines) is 2. The normalized spacial score (nSPS) is 19.8. The Morgan fingerprint density at radius 1 is 1.20 bits per heavy atom. The van der Waals surface area contributed by atoms with Crippen molar-refractivity contribution in [3.63, 3.8) is 0 Å². The first-order chi connectivity index (χ1) is 12.2. The highest BCUT2D eigenvalue weighted by atomic mass is 79.9. The van der Waals surface area contributed by atoms with Gasteiger partial charge in [-0.2, -0.15) is 0 Å². The van der Waals surface area contributed by atoms with Crippen molar-refractivity contribution >= 4 is 32.9 Å². The van der Waals surface area contributed by atoms with Gasteiger partial charge >= 0.3 is 0 Å². The molecule has 2 aliphatic heterocycles. The maximum atomic E-state index is 12.3. The van der Waals surface area contributed by atoms with E-state index in [1.54, 1.807) is 0 Å². The number of nitrogens with one attached hydrogen (secondary N) is 1. The predicted molar refractivity (Wildman–Crippen MR) is 102 cm³/mol. The number of halogens is 1. The molecule has 0 aliphatic carbocycles. The lowest BCUT2D eigenvalue weighted by Gasteiger charge is -2.31. The summed E-state index contributed by atoms with van der Waals surface area (Å²) in [6.07, 6.45) is 5.33. The summed E-state index contributed by atoms with van der Waals surface area (Å²) in [7, 11) is 0. The van der Waals surface area contributed by atoms with Crippen LogP contribution in [0.4, 0.5) is 0 Å². The van der Waals surface area contributed by atoms with Crippen molar-refractivity contribution in [2.24, 2.45) is 5.92 Å². The summed E-state index contributed by atoms with van der Waals surface area (Å²) in [4.78, 5) is 24.9. The number of benzene rings is 1. The summed E-state index contributed by atoms with van der Waals surface area (Å²) in [6, 6.07) is 6.13. The van der Waals surface area contributed by atoms with Crippen LogP contribution in [-0.2, 0) is 11.3 Å². The van der Waals surface area contributed by atoms with Gasteiger partial charge in [0.05, 0.1) is 17.6 Å². The fourth-order valence-corrected chi connectivity index (χ4v) is 4.37. The quantitative estimate of drug-likeness (QED) is 0.847. The van der Waals surface area contributed by atoms with E-state index in [1.807, 2.05) is 12.1 Å². The van der Waals surface area contributed by atoms with E-state index in [-0.39, 0.29) is 0 Å². The second kappa shape index (κ2) is 7.46. The monoisotopic (exact) mass is 404 g/mol. The average molecular weight is 405 g/mol. The first-order valence-electron chi connectivity index (χ1n) is 9.31. The summed E-state index contributed by atoms with van der Waals surface area (Å²) >= 11 is 3.50. The minimum atomic E-state index is 0.374. The van der Waals surface area contributed by atoms with Gasteiger partial charge in [0.15, 0.2) is 0 Å². The van der Waals surface area contributed by atoms with Crippen LogP contribution in [0.3, 0.4) is 0 Å². The third kappa shape index (κ3) is 4.06. The predicted octanol–water partition coefficient (Wildman–Crippen LogP) is 3.55. The molecule has 0 spiro atoms. The Bertz CT molecular complexity index is 745. The summed E-state index contributed by atoms with van der Waals surface area (Å²) in [5.74, 6) is 1.95. The second-order valence-electron chi connectivity index (χ2n) is 7.36. The van der Waals surface area contributed by atoms with Gasteiger partial charge in [0.2, 0.25) is 5.91 Å². The number of hydrogen-bond donors (Lipinski definition) is 1. The average Bonchev–Trinajstić information content (AvgIpc) is 3.25. The number of amides is 1. The molecule has 2 aliphatic rings. The standard InChI is InChI=1S/C19H25BrN4O/c20-15-3-4-16-17(12-15)22-18(21-16)13-23-9-5-14(6-10-23)11-19(25)24-7-1-2-8-24/h3-4,12,14H,1-2,5-11,13H2,(H,21,22). The highest BCUT2D eigenvalue weighted by Crippen LogP contribution is 2.24. The van der Waals surface area contributed by atoms with Crippen molar-refractivity contribution < 1.29 is 4.79 Å². The third-order valence-electron chi connectivity index (χ3n) is 5.50. The number of nitrogens with zero attached hydrogens (tertiary/aromatic N) is 3. The Morgan fingerprint density at radius 3 is 2.72 bits per heavy atom. The number of carbonyl (C=O) groups is 1. The van der Waals surface area contributed by atoms with E-state index in [1.165, 1.54) is 12.8 Å². The molecule has 4 rings (SSSR count). The lowest BCUT2D eigenvalue weighted by molar-refractivity contribution is -0.131. The molecular weight excluding hydrogens is 380 g/mol. The molecule has 3 heterocycles. The van der Waals surface area contributed by atoms with E-state index in [0.717, 1.165) is 73.3 Å². The molecule has 0 saturated carbocycles. The number of fused-ring (bicyclic) bond motifs is 1. The Morgan fingerprint density at radius 2 is 1.96 bits per heavy atom. The maximum Gasteiger partial charge on any atom is 0.222 e. The lowest BCUT2D eigenvalue weighted by atomic mass is 9.93. The molecule has 134 valence electrons. The molecule has 2 aromatic rings. The summed E-state index contributed by atoms with van der Waals surface area (Å²) in [6.45, 7) is 4.91. The van der Waals surface area contributed by atoms with Crippen LogP contribution in [0.25, 0.3) is 11.0 Å². The minimum absolute atomic E-state index is 0.374. The van der Waals surface area contributed by atoms with Crippen molar-refractivity contribution in [2.75, 3.05) is 26.2 Å². The largest absolute Gasteiger partial charge is 0.343 e. The molecule has 6 heteroatoms. The Hall–Kier alpha value is -1.40. The Labute approximate surface area is 156 Å². The maximum absolute atomic E-state index is 12.3. The number of imidazole rings is 1. The SMILES string of the molecule is O=C(CC1CCN(Cc2nc3ccc(Br)cc3[nH]2)CC1)N1CCCC1. The second-order valence-corrected chi connectivity index (χ2v) is 8.27. The van der Waals surface area contributed by atoms with Gasteiger partial charge in [0.1, 0.15) is 5.82 Å². The lowest BCUT2D eigenvalue weighted by Crippen LogP contribution is -2.36. The van der Waals surface area contributed by atoms with Crippen LogP contribution in [0.1, 0.15) is 37.9 Å². The van der Waals surface area contributed by atoms with Crippen molar-refractivity contribution in [3.8, 4) is 0 Å². The van der Waals surface area contributed by atoms with E-state index in [2.05, 4.69) is 41.8 Å². The van der Waals surface area contributed by atoms with E-state index in [4.69, 9.17) is 0 Å². The van der Waals surface area contributed by atoms with Gasteiger partial charge in [-0.25, -0.2) is 4.98 Å². The molecule has 1 aromatic carbocycles. The third-order valence-corrected chi connectivity index (χ3v) is 5.99. The number of H-pyrrole nitrogens is 1. The van der Waals surface area contributed by atoms with Gasteiger partial charge in [-0.15, -0.1) is 0 Å². The topological polar surface area (TPSA) is 52.2 Å². The molecule has 1 N–H and O–H groups in total. The number of carbonyl (C=O) groups excluding carboxylic acids is 1. The number of rotatable bonds is 4. The number of piperidine rings is 1. The molecule has 2 fully saturated rings. The molecule has 0 bridgehead atoms. The number of aromatic amines is 1. The Balaban J connectivity index is 1.28. The molecule has 25 heavy (non-hydrogen) atoms. The van der Waals surface area contributed by atoms with E-state index < -0.39 is 0 Å². The zero-order valence-corrected chi connectivity index (χ0v) is 16.1. The molecule has 2 saturated heterocycles. The van der Waals surface area contributed by atoms with Crippen LogP contribution in [0.2, 0.25) is 0 Å². The highest BCUT2D eigenvalue weighted by molar-refractivity contribution is 9.10. The Kier molecular flexibility index (Phi) is 5.08. The molecule has 0 unspecified atom stereocenters. The highest BCUT2D eigenvalue weighted by Gasteiger charge is 2.25. The van der Waals surface area contributed by atoms with E-state index in [0.29, 0.717) is 11.8 Å². The zero-order chi connectivity index (χ0) is 17.2. The fraction of sp³-hybridized carbons (Fsp3) is 0.579. The number of aromatic nitrogens is 2. The van der Waals surface area contributed by atoms with Crippen LogP contribution in [0, 0.1) is 5.92 Å². The van der Waals surface area contributed by atoms with Crippen LogP contribution < -0.4 is 0 Å². The van der Waals surface area contributed by atoms with Crippen LogP contribution in [0.5, 0.6) is 0 Å². The molecule has 1 amide bonds. The zero-order valence-electron chi connectivity index (χ0n) is 14.5. The van der Waals surface area contributed by atoms with Crippen molar-refractivity contribution in [1.82, 2.24) is 19.8 Å². The first kappa shape index (κ1) is 17.0.